The molecule has 2 aromatic rings. The molecule has 0 N–H and O–H groups in total. The molecule has 2 nitrogen and oxygen atoms in total. The molecule has 0 unspecified atom stereocenters. The van der Waals surface area contributed by atoms with E-state index in [1.165, 1.54) is 43.1 Å². The second-order valence-corrected chi connectivity index (χ2v) is 9.57. The summed E-state index contributed by atoms with van der Waals surface area (Å²) in [5, 5.41) is 0. The lowest BCUT2D eigenvalue weighted by Gasteiger charge is -2.29. The molecule has 3 heteroatoms. The third-order valence-electron chi connectivity index (χ3n) is 7.06. The largest absolute Gasteiger partial charge is 0.306 e. The van der Waals surface area contributed by atoms with E-state index in [1.807, 2.05) is 12.1 Å². The minimum absolute atomic E-state index is 0.124. The van der Waals surface area contributed by atoms with E-state index in [4.69, 9.17) is 0 Å². The molecule has 2 fully saturated rings. The van der Waals surface area contributed by atoms with E-state index in [-0.39, 0.29) is 5.82 Å². The Labute approximate surface area is 199 Å². The van der Waals surface area contributed by atoms with Crippen molar-refractivity contribution in [1.82, 2.24) is 9.80 Å². The molecule has 2 aromatic carbocycles. The number of allylic oxidation sites excluding steroid dienone is 4. The van der Waals surface area contributed by atoms with Crippen molar-refractivity contribution in [2.45, 2.75) is 37.5 Å². The number of piperidine rings is 1. The molecular weight excluding hydrogens is 407 g/mol. The van der Waals surface area contributed by atoms with Gasteiger partial charge in [0.25, 0.3) is 0 Å². The lowest BCUT2D eigenvalue weighted by molar-refractivity contribution is 0.255. The summed E-state index contributed by atoms with van der Waals surface area (Å²) in [6.07, 6.45) is 15.6. The van der Waals surface area contributed by atoms with Crippen molar-refractivity contribution >= 4 is 0 Å². The summed E-state index contributed by atoms with van der Waals surface area (Å²) in [5.74, 6) is 1.15. The van der Waals surface area contributed by atoms with Gasteiger partial charge in [-0.2, -0.15) is 0 Å². The van der Waals surface area contributed by atoms with E-state index in [0.29, 0.717) is 5.92 Å². The lowest BCUT2D eigenvalue weighted by atomic mass is 9.90. The highest BCUT2D eigenvalue weighted by molar-refractivity contribution is 5.28. The van der Waals surface area contributed by atoms with Gasteiger partial charge in [0.2, 0.25) is 0 Å². The molecule has 0 radical (unpaired) electrons. The average molecular weight is 445 g/mol. The maximum atomic E-state index is 13.3. The van der Waals surface area contributed by atoms with Crippen molar-refractivity contribution in [1.29, 1.82) is 0 Å². The monoisotopic (exact) mass is 444 g/mol. The van der Waals surface area contributed by atoms with Crippen LogP contribution in [0.15, 0.2) is 90.6 Å². The number of nitrogens with zero attached hydrogens (tertiary/aromatic N) is 2. The van der Waals surface area contributed by atoms with Crippen LogP contribution in [-0.4, -0.2) is 49.6 Å². The third-order valence-corrected chi connectivity index (χ3v) is 7.06. The first-order chi connectivity index (χ1) is 16.2. The molecule has 33 heavy (non-hydrogen) atoms. The smallest absolute Gasteiger partial charge is 0.123 e. The Hall–Kier alpha value is -2.49. The normalized spacial score (nSPS) is 21.9. The Kier molecular flexibility index (Phi) is 8.68. The van der Waals surface area contributed by atoms with Crippen LogP contribution in [0.4, 0.5) is 4.39 Å². The highest BCUT2D eigenvalue weighted by atomic mass is 19.1. The van der Waals surface area contributed by atoms with Crippen LogP contribution in [0.5, 0.6) is 0 Å². The molecule has 0 bridgehead atoms. The van der Waals surface area contributed by atoms with Crippen LogP contribution in [0.3, 0.4) is 0 Å². The van der Waals surface area contributed by atoms with Crippen LogP contribution >= 0.6 is 0 Å². The van der Waals surface area contributed by atoms with Gasteiger partial charge in [0.05, 0.1) is 0 Å². The molecule has 5 rings (SSSR count). The zero-order chi connectivity index (χ0) is 22.9. The van der Waals surface area contributed by atoms with E-state index in [0.717, 1.165) is 44.0 Å². The van der Waals surface area contributed by atoms with Gasteiger partial charge in [-0.25, -0.2) is 4.39 Å². The Balaban J connectivity index is 0.000000172. The Morgan fingerprint density at radius 2 is 1.61 bits per heavy atom. The topological polar surface area (TPSA) is 6.48 Å². The van der Waals surface area contributed by atoms with Crippen molar-refractivity contribution in [2.24, 2.45) is 0 Å². The van der Waals surface area contributed by atoms with Gasteiger partial charge in [-0.1, -0.05) is 72.8 Å². The zero-order valence-corrected chi connectivity index (χ0v) is 19.9. The molecule has 2 saturated heterocycles. The summed E-state index contributed by atoms with van der Waals surface area (Å²) >= 11 is 0. The standard InChI is InChI=1S/C18H20FN.C12H17N/c19-18-9-5-8-16(12-18)17-10-11-20(14-17)13-15-6-3-1-2-4-7-15;1-13-9-7-12(8-10-13)11-5-3-2-4-6-11/h1-3,5-9,12,17H,4,10-11,13-14H2;2-6,12H,7-10H2,1H3/t17-;/m1./s1. The van der Waals surface area contributed by atoms with Crippen molar-refractivity contribution < 1.29 is 4.39 Å². The summed E-state index contributed by atoms with van der Waals surface area (Å²) in [7, 11) is 2.21. The van der Waals surface area contributed by atoms with E-state index in [9.17, 15) is 4.39 Å². The van der Waals surface area contributed by atoms with Crippen molar-refractivity contribution in [3.05, 3.63) is 107 Å². The molecule has 0 saturated carbocycles. The predicted octanol–water partition coefficient (Wildman–Crippen LogP) is 6.55. The van der Waals surface area contributed by atoms with Crippen LogP contribution in [0.2, 0.25) is 0 Å². The fraction of sp³-hybridized carbons (Fsp3) is 0.400. The number of rotatable bonds is 4. The Morgan fingerprint density at radius 1 is 0.848 bits per heavy atom. The molecule has 2 aliphatic heterocycles. The highest BCUT2D eigenvalue weighted by Gasteiger charge is 2.24. The van der Waals surface area contributed by atoms with Gasteiger partial charge < -0.3 is 4.90 Å². The molecule has 3 aliphatic rings. The predicted molar refractivity (Wildman–Crippen MR) is 137 cm³/mol. The first-order valence-corrected chi connectivity index (χ1v) is 12.4. The van der Waals surface area contributed by atoms with Crippen LogP contribution in [0, 0.1) is 5.82 Å². The third kappa shape index (κ3) is 7.25. The maximum Gasteiger partial charge on any atom is 0.123 e. The molecule has 1 atom stereocenters. The van der Waals surface area contributed by atoms with Gasteiger partial charge in [0, 0.05) is 13.1 Å². The van der Waals surface area contributed by atoms with Gasteiger partial charge in [0.15, 0.2) is 0 Å². The molecular formula is C30H37FN2. The van der Waals surface area contributed by atoms with E-state index in [2.05, 4.69) is 77.6 Å². The second-order valence-electron chi connectivity index (χ2n) is 9.57. The number of hydrogen-bond donors (Lipinski definition) is 0. The highest BCUT2D eigenvalue weighted by Crippen LogP contribution is 2.28. The first kappa shape index (κ1) is 23.7. The Morgan fingerprint density at radius 3 is 2.39 bits per heavy atom. The van der Waals surface area contributed by atoms with E-state index in [1.54, 1.807) is 6.07 Å². The molecule has 174 valence electrons. The fourth-order valence-corrected chi connectivity index (χ4v) is 5.08. The molecule has 0 amide bonds. The van der Waals surface area contributed by atoms with Crippen LogP contribution < -0.4 is 0 Å². The average Bonchev–Trinajstić information content (AvgIpc) is 3.16. The first-order valence-electron chi connectivity index (χ1n) is 12.4. The summed E-state index contributed by atoms with van der Waals surface area (Å²) < 4.78 is 13.3. The lowest BCUT2D eigenvalue weighted by Crippen LogP contribution is -2.29. The van der Waals surface area contributed by atoms with Crippen LogP contribution in [0.1, 0.15) is 48.6 Å². The SMILES string of the molecule is CN1CCC(c2ccccc2)CC1.Fc1cccc([C@@H]2CCN(CC3=CCC=CC=C3)C2)c1. The fourth-order valence-electron chi connectivity index (χ4n) is 5.08. The summed E-state index contributed by atoms with van der Waals surface area (Å²) in [4.78, 5) is 4.89. The summed E-state index contributed by atoms with van der Waals surface area (Å²) in [6, 6.07) is 18.0. The van der Waals surface area contributed by atoms with E-state index >= 15 is 0 Å². The Bertz CT molecular complexity index is 954. The summed E-state index contributed by atoms with van der Waals surface area (Å²) in [5.41, 5.74) is 4.05. The number of benzene rings is 2. The summed E-state index contributed by atoms with van der Waals surface area (Å²) in [6.45, 7) is 5.63. The second kappa shape index (κ2) is 12.1. The number of halogens is 1. The van der Waals surface area contributed by atoms with Crippen LogP contribution in [0.25, 0.3) is 0 Å². The molecule has 0 aromatic heterocycles. The molecule has 2 heterocycles. The van der Waals surface area contributed by atoms with Gasteiger partial charge >= 0.3 is 0 Å². The van der Waals surface area contributed by atoms with Crippen molar-refractivity contribution in [3.8, 4) is 0 Å². The van der Waals surface area contributed by atoms with Gasteiger partial charge in [-0.3, -0.25) is 4.90 Å². The van der Waals surface area contributed by atoms with Gasteiger partial charge in [-0.05, 0) is 93.0 Å². The minimum Gasteiger partial charge on any atom is -0.306 e. The molecule has 0 spiro atoms. The van der Waals surface area contributed by atoms with Gasteiger partial charge in [-0.15, -0.1) is 0 Å². The van der Waals surface area contributed by atoms with Gasteiger partial charge in [0.1, 0.15) is 5.82 Å². The van der Waals surface area contributed by atoms with Crippen molar-refractivity contribution in [3.63, 3.8) is 0 Å². The maximum absolute atomic E-state index is 13.3. The number of likely N-dealkylation sites (tertiary alicyclic amines) is 2. The molecule has 1 aliphatic carbocycles. The van der Waals surface area contributed by atoms with E-state index < -0.39 is 0 Å². The zero-order valence-electron chi connectivity index (χ0n) is 19.9. The number of hydrogen-bond acceptors (Lipinski definition) is 2. The van der Waals surface area contributed by atoms with Crippen LogP contribution in [-0.2, 0) is 0 Å². The minimum atomic E-state index is -0.124. The quantitative estimate of drug-likeness (QED) is 0.527. The van der Waals surface area contributed by atoms with Crippen molar-refractivity contribution in [2.75, 3.05) is 39.8 Å².